The molecule has 88 valence electrons. The standard InChI is InChI=1S/C13H10BClN2O/c14-9-2-1-3-12(8-9)17-13(18)16-11-6-4-10(15)5-7-11/h1-8H,(H2,16,17,18). The lowest BCUT2D eigenvalue weighted by atomic mass is 9.96. The van der Waals surface area contributed by atoms with E-state index in [1.807, 2.05) is 0 Å². The average Bonchev–Trinajstić information content (AvgIpc) is 2.32. The highest BCUT2D eigenvalue weighted by molar-refractivity contribution is 6.32. The third-order valence-corrected chi connectivity index (χ3v) is 2.50. The van der Waals surface area contributed by atoms with Gasteiger partial charge in [-0.05, 0) is 36.4 Å². The van der Waals surface area contributed by atoms with Gasteiger partial charge in [0, 0.05) is 16.4 Å². The molecule has 5 heteroatoms. The predicted molar refractivity (Wildman–Crippen MR) is 75.9 cm³/mol. The quantitative estimate of drug-likeness (QED) is 0.797. The fraction of sp³-hybridized carbons (Fsp3) is 0. The third kappa shape index (κ3) is 3.53. The van der Waals surface area contributed by atoms with E-state index in [4.69, 9.17) is 19.4 Å². The van der Waals surface area contributed by atoms with E-state index in [0.717, 1.165) is 0 Å². The molecule has 0 heterocycles. The number of hydrogen-bond donors (Lipinski definition) is 2. The summed E-state index contributed by atoms with van der Waals surface area (Å²) >= 11 is 5.75. The SMILES string of the molecule is [B]c1cccc(NC(=O)Nc2ccc(Cl)cc2)c1. The smallest absolute Gasteiger partial charge is 0.308 e. The van der Waals surface area contributed by atoms with Crippen LogP contribution >= 0.6 is 11.6 Å². The van der Waals surface area contributed by atoms with Crippen LogP contribution in [0.15, 0.2) is 48.5 Å². The lowest BCUT2D eigenvalue weighted by Gasteiger charge is -2.08. The van der Waals surface area contributed by atoms with E-state index >= 15 is 0 Å². The van der Waals surface area contributed by atoms with Crippen molar-refractivity contribution in [3.05, 3.63) is 53.6 Å². The van der Waals surface area contributed by atoms with Gasteiger partial charge in [0.1, 0.15) is 7.85 Å². The Kier molecular flexibility index (Phi) is 3.90. The van der Waals surface area contributed by atoms with Crippen molar-refractivity contribution in [2.75, 3.05) is 10.6 Å². The molecule has 2 radical (unpaired) electrons. The van der Waals surface area contributed by atoms with E-state index < -0.39 is 0 Å². The fourth-order valence-corrected chi connectivity index (χ4v) is 1.57. The number of carbonyl (C=O) groups excluding carboxylic acids is 1. The first-order valence-electron chi connectivity index (χ1n) is 5.32. The molecule has 0 aliphatic heterocycles. The molecule has 2 rings (SSSR count). The lowest BCUT2D eigenvalue weighted by Crippen LogP contribution is -2.20. The molecule has 0 aliphatic carbocycles. The van der Waals surface area contributed by atoms with Gasteiger partial charge in [-0.2, -0.15) is 0 Å². The van der Waals surface area contributed by atoms with Gasteiger partial charge in [-0.3, -0.25) is 0 Å². The molecule has 0 bridgehead atoms. The highest BCUT2D eigenvalue weighted by Gasteiger charge is 2.02. The summed E-state index contributed by atoms with van der Waals surface area (Å²) < 4.78 is 0. The van der Waals surface area contributed by atoms with Crippen LogP contribution in [0.4, 0.5) is 16.2 Å². The molecule has 0 aromatic heterocycles. The number of halogens is 1. The van der Waals surface area contributed by atoms with Gasteiger partial charge >= 0.3 is 6.03 Å². The molecular formula is C13H10BClN2O. The minimum Gasteiger partial charge on any atom is -0.308 e. The second-order valence-electron chi connectivity index (χ2n) is 3.71. The first-order chi connectivity index (χ1) is 8.63. The Labute approximate surface area is 112 Å². The largest absolute Gasteiger partial charge is 0.323 e. The van der Waals surface area contributed by atoms with Crippen molar-refractivity contribution < 1.29 is 4.79 Å². The molecule has 2 amide bonds. The van der Waals surface area contributed by atoms with Gasteiger partial charge in [-0.15, -0.1) is 0 Å². The average molecular weight is 257 g/mol. The molecular weight excluding hydrogens is 246 g/mol. The summed E-state index contributed by atoms with van der Waals surface area (Å²) in [6.45, 7) is 0. The Hall–Kier alpha value is -1.94. The Morgan fingerprint density at radius 3 is 2.33 bits per heavy atom. The number of hydrogen-bond acceptors (Lipinski definition) is 1. The number of rotatable bonds is 2. The molecule has 2 aromatic carbocycles. The Morgan fingerprint density at radius 2 is 1.67 bits per heavy atom. The zero-order valence-electron chi connectivity index (χ0n) is 9.48. The van der Waals surface area contributed by atoms with Crippen molar-refractivity contribution in [3.63, 3.8) is 0 Å². The van der Waals surface area contributed by atoms with E-state index in [0.29, 0.717) is 21.9 Å². The second-order valence-corrected chi connectivity index (χ2v) is 4.15. The maximum Gasteiger partial charge on any atom is 0.323 e. The van der Waals surface area contributed by atoms with Crippen LogP contribution in [0, 0.1) is 0 Å². The van der Waals surface area contributed by atoms with Gasteiger partial charge in [0.05, 0.1) is 0 Å². The van der Waals surface area contributed by atoms with Crippen LogP contribution in [0.25, 0.3) is 0 Å². The number of amides is 2. The minimum atomic E-state index is -0.331. The van der Waals surface area contributed by atoms with Crippen molar-refractivity contribution >= 4 is 42.3 Å². The first kappa shape index (κ1) is 12.5. The topological polar surface area (TPSA) is 41.1 Å². The molecule has 18 heavy (non-hydrogen) atoms. The maximum absolute atomic E-state index is 11.7. The Balaban J connectivity index is 1.98. The van der Waals surface area contributed by atoms with E-state index in [2.05, 4.69) is 10.6 Å². The monoisotopic (exact) mass is 256 g/mol. The summed E-state index contributed by atoms with van der Waals surface area (Å²) in [7, 11) is 5.62. The molecule has 0 fully saturated rings. The lowest BCUT2D eigenvalue weighted by molar-refractivity contribution is 0.262. The van der Waals surface area contributed by atoms with E-state index in [1.165, 1.54) is 0 Å². The van der Waals surface area contributed by atoms with Crippen LogP contribution < -0.4 is 16.1 Å². The van der Waals surface area contributed by atoms with Gasteiger partial charge in [0.2, 0.25) is 0 Å². The molecule has 0 saturated heterocycles. The molecule has 2 N–H and O–H groups in total. The van der Waals surface area contributed by atoms with Crippen molar-refractivity contribution in [1.82, 2.24) is 0 Å². The third-order valence-electron chi connectivity index (χ3n) is 2.25. The molecule has 0 unspecified atom stereocenters. The summed E-state index contributed by atoms with van der Waals surface area (Å²) in [5, 5.41) is 5.99. The van der Waals surface area contributed by atoms with Crippen molar-refractivity contribution in [1.29, 1.82) is 0 Å². The number of nitrogens with one attached hydrogen (secondary N) is 2. The van der Waals surface area contributed by atoms with Crippen LogP contribution in [-0.4, -0.2) is 13.9 Å². The summed E-state index contributed by atoms with van der Waals surface area (Å²) in [5.41, 5.74) is 1.90. The molecule has 2 aromatic rings. The number of anilines is 2. The molecule has 0 aliphatic rings. The van der Waals surface area contributed by atoms with Gasteiger partial charge in [0.25, 0.3) is 0 Å². The minimum absolute atomic E-state index is 0.331. The highest BCUT2D eigenvalue weighted by Crippen LogP contribution is 2.13. The van der Waals surface area contributed by atoms with E-state index in [1.54, 1.807) is 48.5 Å². The molecule has 3 nitrogen and oxygen atoms in total. The molecule has 0 saturated carbocycles. The highest BCUT2D eigenvalue weighted by atomic mass is 35.5. The maximum atomic E-state index is 11.7. The summed E-state index contributed by atoms with van der Waals surface area (Å²) in [6, 6.07) is 13.5. The zero-order chi connectivity index (χ0) is 13.0. The summed E-state index contributed by atoms with van der Waals surface area (Å²) in [5.74, 6) is 0. The normalized spacial score (nSPS) is 9.83. The second kappa shape index (κ2) is 5.60. The Bertz CT molecular complexity index is 557. The van der Waals surface area contributed by atoms with E-state index in [9.17, 15) is 4.79 Å². The van der Waals surface area contributed by atoms with Gasteiger partial charge in [-0.25, -0.2) is 4.79 Å². The number of urea groups is 1. The first-order valence-corrected chi connectivity index (χ1v) is 5.70. The van der Waals surface area contributed by atoms with Crippen LogP contribution in [0.3, 0.4) is 0 Å². The number of benzene rings is 2. The van der Waals surface area contributed by atoms with Crippen LogP contribution in [0.1, 0.15) is 0 Å². The Morgan fingerprint density at radius 1 is 1.00 bits per heavy atom. The summed E-state index contributed by atoms with van der Waals surface area (Å²) in [6.07, 6.45) is 0. The summed E-state index contributed by atoms with van der Waals surface area (Å²) in [4.78, 5) is 11.7. The predicted octanol–water partition coefficient (Wildman–Crippen LogP) is 2.78. The molecule has 0 spiro atoms. The zero-order valence-corrected chi connectivity index (χ0v) is 10.2. The van der Waals surface area contributed by atoms with Crippen molar-refractivity contribution in [2.45, 2.75) is 0 Å². The van der Waals surface area contributed by atoms with Crippen molar-refractivity contribution in [2.24, 2.45) is 0 Å². The number of carbonyl (C=O) groups is 1. The van der Waals surface area contributed by atoms with Crippen LogP contribution in [0.2, 0.25) is 5.02 Å². The van der Waals surface area contributed by atoms with Gasteiger partial charge in [-0.1, -0.05) is 29.2 Å². The van der Waals surface area contributed by atoms with Gasteiger partial charge in [0.15, 0.2) is 0 Å². The molecule has 0 atom stereocenters. The van der Waals surface area contributed by atoms with Crippen molar-refractivity contribution in [3.8, 4) is 0 Å². The van der Waals surface area contributed by atoms with Crippen LogP contribution in [-0.2, 0) is 0 Å². The van der Waals surface area contributed by atoms with Crippen LogP contribution in [0.5, 0.6) is 0 Å². The van der Waals surface area contributed by atoms with Gasteiger partial charge < -0.3 is 10.6 Å². The fourth-order valence-electron chi connectivity index (χ4n) is 1.44. The van der Waals surface area contributed by atoms with E-state index in [-0.39, 0.29) is 6.03 Å².